The summed E-state index contributed by atoms with van der Waals surface area (Å²) < 4.78 is 1.04. The van der Waals surface area contributed by atoms with Crippen molar-refractivity contribution in [3.8, 4) is 0 Å². The summed E-state index contributed by atoms with van der Waals surface area (Å²) in [5, 5.41) is 8.37. The van der Waals surface area contributed by atoms with Crippen LogP contribution in [0.1, 0.15) is 5.56 Å². The molecule has 1 aromatic rings. The van der Waals surface area contributed by atoms with Crippen LogP contribution in [0.15, 0.2) is 33.7 Å². The second-order valence-electron chi connectivity index (χ2n) is 2.00. The summed E-state index contributed by atoms with van der Waals surface area (Å²) in [5.74, 6) is 0. The molecule has 0 aromatic heterocycles. The highest BCUT2D eigenvalue weighted by molar-refractivity contribution is 9.10. The number of rotatable bonds is 2. The van der Waals surface area contributed by atoms with Crippen LogP contribution in [0.25, 0.3) is 0 Å². The van der Waals surface area contributed by atoms with Crippen molar-refractivity contribution in [2.24, 2.45) is 4.99 Å². The lowest BCUT2D eigenvalue weighted by atomic mass is 10.2. The zero-order chi connectivity index (χ0) is 8.10. The molecule has 0 aliphatic carbocycles. The number of aliphatic hydroxyl groups excluding tert-OH is 1. The maximum atomic E-state index is 8.37. The molecule has 0 atom stereocenters. The SMILES string of the molecule is OCN=Cc1ccc(Br)cc1. The van der Waals surface area contributed by atoms with Crippen molar-refractivity contribution in [3.05, 3.63) is 34.3 Å². The minimum absolute atomic E-state index is 0.157. The third kappa shape index (κ3) is 2.82. The van der Waals surface area contributed by atoms with Gasteiger partial charge in [-0.05, 0) is 17.7 Å². The van der Waals surface area contributed by atoms with Gasteiger partial charge in [0.1, 0.15) is 6.73 Å². The zero-order valence-corrected chi connectivity index (χ0v) is 7.45. The first kappa shape index (κ1) is 8.43. The van der Waals surface area contributed by atoms with E-state index in [1.165, 1.54) is 0 Å². The van der Waals surface area contributed by atoms with Crippen LogP contribution >= 0.6 is 15.9 Å². The van der Waals surface area contributed by atoms with Crippen molar-refractivity contribution >= 4 is 22.1 Å². The molecule has 0 bridgehead atoms. The maximum absolute atomic E-state index is 8.37. The fraction of sp³-hybridized carbons (Fsp3) is 0.125. The summed E-state index contributed by atoms with van der Waals surface area (Å²) in [6, 6.07) is 7.70. The molecular weight excluding hydrogens is 206 g/mol. The van der Waals surface area contributed by atoms with Crippen LogP contribution in [0.2, 0.25) is 0 Å². The second-order valence-corrected chi connectivity index (χ2v) is 2.92. The van der Waals surface area contributed by atoms with Gasteiger partial charge in [0.2, 0.25) is 0 Å². The Morgan fingerprint density at radius 3 is 2.55 bits per heavy atom. The molecule has 0 amide bonds. The van der Waals surface area contributed by atoms with Gasteiger partial charge in [-0.15, -0.1) is 0 Å². The molecule has 0 unspecified atom stereocenters. The maximum Gasteiger partial charge on any atom is 0.134 e. The first-order valence-electron chi connectivity index (χ1n) is 3.19. The first-order chi connectivity index (χ1) is 5.33. The highest BCUT2D eigenvalue weighted by Gasteiger charge is 1.86. The Morgan fingerprint density at radius 2 is 2.00 bits per heavy atom. The van der Waals surface area contributed by atoms with Gasteiger partial charge in [-0.2, -0.15) is 0 Å². The third-order valence-electron chi connectivity index (χ3n) is 1.19. The second kappa shape index (κ2) is 4.26. The molecule has 0 fully saturated rings. The topological polar surface area (TPSA) is 32.6 Å². The smallest absolute Gasteiger partial charge is 0.134 e. The fourth-order valence-corrected chi connectivity index (χ4v) is 0.959. The van der Waals surface area contributed by atoms with Crippen LogP contribution in [0.4, 0.5) is 0 Å². The van der Waals surface area contributed by atoms with Crippen molar-refractivity contribution in [3.63, 3.8) is 0 Å². The van der Waals surface area contributed by atoms with Gasteiger partial charge in [-0.3, -0.25) is 4.99 Å². The van der Waals surface area contributed by atoms with Crippen molar-refractivity contribution in [1.82, 2.24) is 0 Å². The highest BCUT2D eigenvalue weighted by atomic mass is 79.9. The van der Waals surface area contributed by atoms with E-state index >= 15 is 0 Å². The van der Waals surface area contributed by atoms with Crippen molar-refractivity contribution in [1.29, 1.82) is 0 Å². The van der Waals surface area contributed by atoms with Gasteiger partial charge in [0.15, 0.2) is 0 Å². The molecule has 11 heavy (non-hydrogen) atoms. The lowest BCUT2D eigenvalue weighted by molar-refractivity contribution is 0.310. The fourth-order valence-electron chi connectivity index (χ4n) is 0.695. The molecule has 58 valence electrons. The number of aliphatic imine (C=N–C) groups is 1. The van der Waals surface area contributed by atoms with E-state index in [-0.39, 0.29) is 6.73 Å². The molecule has 1 rings (SSSR count). The number of nitrogens with zero attached hydrogens (tertiary/aromatic N) is 1. The van der Waals surface area contributed by atoms with E-state index in [1.807, 2.05) is 24.3 Å². The van der Waals surface area contributed by atoms with Crippen molar-refractivity contribution < 1.29 is 5.11 Å². The Bertz CT molecular complexity index is 243. The van der Waals surface area contributed by atoms with Crippen LogP contribution in [0.3, 0.4) is 0 Å². The largest absolute Gasteiger partial charge is 0.375 e. The summed E-state index contributed by atoms with van der Waals surface area (Å²) in [6.07, 6.45) is 1.63. The highest BCUT2D eigenvalue weighted by Crippen LogP contribution is 2.08. The molecule has 1 aromatic carbocycles. The van der Waals surface area contributed by atoms with E-state index in [4.69, 9.17) is 5.11 Å². The van der Waals surface area contributed by atoms with Gasteiger partial charge in [-0.1, -0.05) is 28.1 Å². The predicted molar refractivity (Wildman–Crippen MR) is 48.8 cm³/mol. The summed E-state index contributed by atoms with van der Waals surface area (Å²) in [5.41, 5.74) is 0.988. The number of aliphatic hydroxyl groups is 1. The quantitative estimate of drug-likeness (QED) is 0.748. The summed E-state index contributed by atoms with van der Waals surface area (Å²) in [4.78, 5) is 3.69. The van der Waals surface area contributed by atoms with Gasteiger partial charge >= 0.3 is 0 Å². The van der Waals surface area contributed by atoms with Crippen LogP contribution in [-0.2, 0) is 0 Å². The minimum atomic E-state index is -0.157. The molecule has 0 heterocycles. The van der Waals surface area contributed by atoms with Crippen molar-refractivity contribution in [2.75, 3.05) is 6.73 Å². The minimum Gasteiger partial charge on any atom is -0.375 e. The van der Waals surface area contributed by atoms with Crippen LogP contribution in [-0.4, -0.2) is 18.1 Å². The molecule has 0 aliphatic heterocycles. The monoisotopic (exact) mass is 213 g/mol. The van der Waals surface area contributed by atoms with Gasteiger partial charge in [0, 0.05) is 10.7 Å². The number of benzene rings is 1. The van der Waals surface area contributed by atoms with Crippen molar-refractivity contribution in [2.45, 2.75) is 0 Å². The molecule has 1 N–H and O–H groups in total. The average Bonchev–Trinajstić information content (AvgIpc) is 2.04. The zero-order valence-electron chi connectivity index (χ0n) is 5.87. The normalized spacial score (nSPS) is 10.7. The summed E-state index contributed by atoms with van der Waals surface area (Å²) in [6.45, 7) is -0.157. The third-order valence-corrected chi connectivity index (χ3v) is 1.72. The molecular formula is C8H8BrNO. The molecule has 0 aliphatic rings. The van der Waals surface area contributed by atoms with Crippen LogP contribution < -0.4 is 0 Å². The van der Waals surface area contributed by atoms with E-state index in [9.17, 15) is 0 Å². The molecule has 3 heteroatoms. The van der Waals surface area contributed by atoms with Crippen LogP contribution in [0, 0.1) is 0 Å². The van der Waals surface area contributed by atoms with E-state index in [2.05, 4.69) is 20.9 Å². The Labute approximate surface area is 73.7 Å². The Morgan fingerprint density at radius 1 is 1.36 bits per heavy atom. The van der Waals surface area contributed by atoms with Gasteiger partial charge < -0.3 is 5.11 Å². The lowest BCUT2D eigenvalue weighted by Crippen LogP contribution is -1.81. The molecule has 2 nitrogen and oxygen atoms in total. The number of halogens is 1. The van der Waals surface area contributed by atoms with E-state index in [0.717, 1.165) is 10.0 Å². The number of hydrogen-bond acceptors (Lipinski definition) is 2. The molecule has 0 spiro atoms. The Kier molecular flexibility index (Phi) is 3.26. The predicted octanol–water partition coefficient (Wildman–Crippen LogP) is 1.82. The molecule has 0 radical (unpaired) electrons. The standard InChI is InChI=1S/C8H8BrNO/c9-8-3-1-7(2-4-8)5-10-6-11/h1-5,11H,6H2. The lowest BCUT2D eigenvalue weighted by Gasteiger charge is -1.91. The van der Waals surface area contributed by atoms with E-state index in [0.29, 0.717) is 0 Å². The summed E-state index contributed by atoms with van der Waals surface area (Å²) >= 11 is 3.32. The van der Waals surface area contributed by atoms with Gasteiger partial charge in [0.25, 0.3) is 0 Å². The van der Waals surface area contributed by atoms with Crippen LogP contribution in [0.5, 0.6) is 0 Å². The Hall–Kier alpha value is -0.670. The summed E-state index contributed by atoms with van der Waals surface area (Å²) in [7, 11) is 0. The van der Waals surface area contributed by atoms with E-state index < -0.39 is 0 Å². The molecule has 0 saturated heterocycles. The Balaban J connectivity index is 2.73. The van der Waals surface area contributed by atoms with Gasteiger partial charge in [0.05, 0.1) is 0 Å². The molecule has 0 saturated carbocycles. The van der Waals surface area contributed by atoms with E-state index in [1.54, 1.807) is 6.21 Å². The average molecular weight is 214 g/mol. The first-order valence-corrected chi connectivity index (χ1v) is 3.98. The van der Waals surface area contributed by atoms with Gasteiger partial charge in [-0.25, -0.2) is 0 Å². The number of hydrogen-bond donors (Lipinski definition) is 1.